The Morgan fingerprint density at radius 1 is 1.33 bits per heavy atom. The average Bonchev–Trinajstić information content (AvgIpc) is 2.43. The molecule has 0 aliphatic carbocycles. The van der Waals surface area contributed by atoms with E-state index in [1.165, 1.54) is 11.1 Å². The van der Waals surface area contributed by atoms with Gasteiger partial charge in [0.25, 0.3) is 0 Å². The maximum absolute atomic E-state index is 11.4. The first kappa shape index (κ1) is 10.2. The van der Waals surface area contributed by atoms with Crippen LogP contribution in [0.1, 0.15) is 23.6 Å². The second-order valence-electron chi connectivity index (χ2n) is 3.97. The Balaban J connectivity index is 2.18. The minimum absolute atomic E-state index is 0.131. The quantitative estimate of drug-likeness (QED) is 0.720. The van der Waals surface area contributed by atoms with Gasteiger partial charge in [-0.2, -0.15) is 0 Å². The fourth-order valence-corrected chi connectivity index (χ4v) is 1.90. The molecule has 2 rings (SSSR count). The second-order valence-corrected chi connectivity index (χ2v) is 3.97. The molecule has 1 heterocycles. The zero-order valence-corrected chi connectivity index (χ0v) is 8.92. The summed E-state index contributed by atoms with van der Waals surface area (Å²) in [6.45, 7) is 3.63. The predicted octanol–water partition coefficient (Wildman–Crippen LogP) is 1.15. The average molecular weight is 204 g/mol. The third-order valence-corrected chi connectivity index (χ3v) is 2.67. The highest BCUT2D eigenvalue weighted by atomic mass is 16.1. The zero-order chi connectivity index (χ0) is 10.7. The van der Waals surface area contributed by atoms with Gasteiger partial charge in [-0.1, -0.05) is 29.8 Å². The lowest BCUT2D eigenvalue weighted by atomic mass is 10.0. The molecule has 3 nitrogen and oxygen atoms in total. The summed E-state index contributed by atoms with van der Waals surface area (Å²) in [5.74, 6) is 0.131. The van der Waals surface area contributed by atoms with Gasteiger partial charge in [0, 0.05) is 25.6 Å². The SMILES string of the molecule is Cc1cccc(C2CC(=O)NCCN2)c1. The van der Waals surface area contributed by atoms with Crippen LogP contribution in [0.3, 0.4) is 0 Å². The Bertz CT molecular complexity index is 362. The van der Waals surface area contributed by atoms with Crippen LogP contribution < -0.4 is 10.6 Å². The fraction of sp³-hybridized carbons (Fsp3) is 0.417. The van der Waals surface area contributed by atoms with Crippen molar-refractivity contribution in [3.05, 3.63) is 35.4 Å². The number of hydrogen-bond donors (Lipinski definition) is 2. The standard InChI is InChI=1S/C12H16N2O/c1-9-3-2-4-10(7-9)11-8-12(15)14-6-5-13-11/h2-4,7,11,13H,5-6,8H2,1H3,(H,14,15). The van der Waals surface area contributed by atoms with Crippen molar-refractivity contribution in [3.8, 4) is 0 Å². The van der Waals surface area contributed by atoms with Gasteiger partial charge in [0.05, 0.1) is 0 Å². The number of aryl methyl sites for hydroxylation is 1. The van der Waals surface area contributed by atoms with Crippen LogP contribution in [0, 0.1) is 6.92 Å². The first-order valence-electron chi connectivity index (χ1n) is 5.32. The van der Waals surface area contributed by atoms with Crippen molar-refractivity contribution in [1.29, 1.82) is 0 Å². The molecule has 15 heavy (non-hydrogen) atoms. The third kappa shape index (κ3) is 2.57. The number of amides is 1. The van der Waals surface area contributed by atoms with E-state index in [0.29, 0.717) is 6.42 Å². The Labute approximate surface area is 89.9 Å². The molecule has 80 valence electrons. The molecule has 1 saturated heterocycles. The van der Waals surface area contributed by atoms with E-state index < -0.39 is 0 Å². The van der Waals surface area contributed by atoms with Crippen LogP contribution in [0.15, 0.2) is 24.3 Å². The van der Waals surface area contributed by atoms with Crippen molar-refractivity contribution >= 4 is 5.91 Å². The smallest absolute Gasteiger partial charge is 0.221 e. The molecule has 0 radical (unpaired) electrons. The minimum atomic E-state index is 0.131. The van der Waals surface area contributed by atoms with Crippen molar-refractivity contribution in [1.82, 2.24) is 10.6 Å². The van der Waals surface area contributed by atoms with Gasteiger partial charge < -0.3 is 10.6 Å². The molecule has 1 fully saturated rings. The molecule has 0 bridgehead atoms. The summed E-state index contributed by atoms with van der Waals surface area (Å²) in [5, 5.41) is 6.23. The van der Waals surface area contributed by atoms with Gasteiger partial charge in [0.2, 0.25) is 5.91 Å². The summed E-state index contributed by atoms with van der Waals surface area (Å²) in [6, 6.07) is 8.47. The number of carbonyl (C=O) groups is 1. The zero-order valence-electron chi connectivity index (χ0n) is 8.92. The van der Waals surface area contributed by atoms with Crippen molar-refractivity contribution in [2.75, 3.05) is 13.1 Å². The maximum Gasteiger partial charge on any atom is 0.221 e. The van der Waals surface area contributed by atoms with Crippen molar-refractivity contribution in [2.24, 2.45) is 0 Å². The molecule has 1 aliphatic rings. The van der Waals surface area contributed by atoms with Gasteiger partial charge in [-0.25, -0.2) is 0 Å². The number of benzene rings is 1. The summed E-state index contributed by atoms with van der Waals surface area (Å²) in [6.07, 6.45) is 0.531. The van der Waals surface area contributed by atoms with Crippen molar-refractivity contribution in [3.63, 3.8) is 0 Å². The highest BCUT2D eigenvalue weighted by Crippen LogP contribution is 2.18. The van der Waals surface area contributed by atoms with Crippen LogP contribution in [-0.2, 0) is 4.79 Å². The lowest BCUT2D eigenvalue weighted by molar-refractivity contribution is -0.121. The van der Waals surface area contributed by atoms with Gasteiger partial charge in [-0.05, 0) is 12.5 Å². The molecule has 1 aromatic carbocycles. The topological polar surface area (TPSA) is 41.1 Å². The summed E-state index contributed by atoms with van der Waals surface area (Å²) in [5.41, 5.74) is 2.44. The largest absolute Gasteiger partial charge is 0.355 e. The third-order valence-electron chi connectivity index (χ3n) is 2.67. The first-order valence-corrected chi connectivity index (χ1v) is 5.32. The Hall–Kier alpha value is -1.35. The van der Waals surface area contributed by atoms with E-state index in [4.69, 9.17) is 0 Å². The van der Waals surface area contributed by atoms with Crippen LogP contribution in [0.25, 0.3) is 0 Å². The highest BCUT2D eigenvalue weighted by Gasteiger charge is 2.17. The monoisotopic (exact) mass is 204 g/mol. The van der Waals surface area contributed by atoms with E-state index >= 15 is 0 Å². The Morgan fingerprint density at radius 3 is 3.00 bits per heavy atom. The molecule has 1 aliphatic heterocycles. The van der Waals surface area contributed by atoms with Crippen LogP contribution in [-0.4, -0.2) is 19.0 Å². The first-order chi connectivity index (χ1) is 7.25. The predicted molar refractivity (Wildman–Crippen MR) is 59.5 cm³/mol. The highest BCUT2D eigenvalue weighted by molar-refractivity contribution is 5.77. The molecular formula is C12H16N2O. The van der Waals surface area contributed by atoms with Gasteiger partial charge in [-0.15, -0.1) is 0 Å². The molecular weight excluding hydrogens is 188 g/mol. The van der Waals surface area contributed by atoms with Crippen LogP contribution in [0.4, 0.5) is 0 Å². The van der Waals surface area contributed by atoms with Crippen molar-refractivity contribution < 1.29 is 4.79 Å². The van der Waals surface area contributed by atoms with Gasteiger partial charge >= 0.3 is 0 Å². The number of carbonyl (C=O) groups excluding carboxylic acids is 1. The van der Waals surface area contributed by atoms with E-state index in [9.17, 15) is 4.79 Å². The van der Waals surface area contributed by atoms with Crippen LogP contribution >= 0.6 is 0 Å². The lowest BCUT2D eigenvalue weighted by Crippen LogP contribution is -2.24. The molecule has 0 aromatic heterocycles. The van der Waals surface area contributed by atoms with Crippen LogP contribution in [0.5, 0.6) is 0 Å². The van der Waals surface area contributed by atoms with Crippen LogP contribution in [0.2, 0.25) is 0 Å². The normalized spacial score (nSPS) is 21.9. The molecule has 1 aromatic rings. The molecule has 0 spiro atoms. The fourth-order valence-electron chi connectivity index (χ4n) is 1.90. The number of nitrogens with one attached hydrogen (secondary N) is 2. The van der Waals surface area contributed by atoms with E-state index in [1.807, 2.05) is 6.07 Å². The molecule has 0 saturated carbocycles. The summed E-state index contributed by atoms with van der Waals surface area (Å²) in [4.78, 5) is 11.4. The van der Waals surface area contributed by atoms with E-state index in [1.54, 1.807) is 0 Å². The summed E-state index contributed by atoms with van der Waals surface area (Å²) >= 11 is 0. The van der Waals surface area contributed by atoms with E-state index in [0.717, 1.165) is 13.1 Å². The molecule has 3 heteroatoms. The Morgan fingerprint density at radius 2 is 2.20 bits per heavy atom. The Kier molecular flexibility index (Phi) is 3.02. The summed E-state index contributed by atoms with van der Waals surface area (Å²) < 4.78 is 0. The maximum atomic E-state index is 11.4. The van der Waals surface area contributed by atoms with Gasteiger partial charge in [-0.3, -0.25) is 4.79 Å². The lowest BCUT2D eigenvalue weighted by Gasteiger charge is -2.15. The molecule has 1 amide bonds. The van der Waals surface area contributed by atoms with Gasteiger partial charge in [0.1, 0.15) is 0 Å². The van der Waals surface area contributed by atoms with E-state index in [-0.39, 0.29) is 11.9 Å². The number of hydrogen-bond acceptors (Lipinski definition) is 2. The summed E-state index contributed by atoms with van der Waals surface area (Å²) in [7, 11) is 0. The second kappa shape index (κ2) is 4.45. The van der Waals surface area contributed by atoms with Gasteiger partial charge in [0.15, 0.2) is 0 Å². The number of rotatable bonds is 1. The molecule has 1 atom stereocenters. The van der Waals surface area contributed by atoms with Crippen molar-refractivity contribution in [2.45, 2.75) is 19.4 Å². The molecule has 1 unspecified atom stereocenters. The minimum Gasteiger partial charge on any atom is -0.355 e. The van der Waals surface area contributed by atoms with E-state index in [2.05, 4.69) is 35.8 Å². The molecule has 2 N–H and O–H groups in total.